The molecule has 2 aromatic heterocycles. The van der Waals surface area contributed by atoms with Gasteiger partial charge in [0.15, 0.2) is 11.6 Å². The van der Waals surface area contributed by atoms with Crippen LogP contribution in [-0.4, -0.2) is 63.6 Å². The molecular weight excluding hydrogens is 520 g/mol. The predicted octanol–water partition coefficient (Wildman–Crippen LogP) is 4.10. The molecule has 3 aromatic rings. The lowest BCUT2D eigenvalue weighted by Gasteiger charge is -2.30. The minimum absolute atomic E-state index is 0.0368. The molecule has 218 valence electrons. The molecule has 2 aliphatic rings. The quantitative estimate of drug-likeness (QED) is 0.392. The number of rotatable bonds is 9. The third-order valence-corrected chi connectivity index (χ3v) is 8.54. The lowest BCUT2D eigenvalue weighted by molar-refractivity contribution is -0.141. The average Bonchev–Trinajstić information content (AvgIpc) is 3.74. The van der Waals surface area contributed by atoms with Crippen molar-refractivity contribution in [2.75, 3.05) is 24.5 Å². The van der Waals surface area contributed by atoms with Gasteiger partial charge in [0, 0.05) is 44.9 Å². The Morgan fingerprint density at radius 1 is 1.05 bits per heavy atom. The summed E-state index contributed by atoms with van der Waals surface area (Å²) < 4.78 is 7.55. The fourth-order valence-corrected chi connectivity index (χ4v) is 6.05. The first kappa shape index (κ1) is 28.6. The number of aldehydes is 1. The van der Waals surface area contributed by atoms with E-state index in [0.29, 0.717) is 24.5 Å². The van der Waals surface area contributed by atoms with E-state index in [1.807, 2.05) is 68.9 Å². The van der Waals surface area contributed by atoms with Crippen molar-refractivity contribution in [2.24, 2.45) is 18.9 Å². The van der Waals surface area contributed by atoms with Gasteiger partial charge in [-0.1, -0.05) is 43.3 Å². The Kier molecular flexibility index (Phi) is 8.56. The van der Waals surface area contributed by atoms with Crippen LogP contribution in [0.2, 0.25) is 0 Å². The smallest absolute Gasteiger partial charge is 0.243 e. The predicted molar refractivity (Wildman–Crippen MR) is 155 cm³/mol. The van der Waals surface area contributed by atoms with E-state index in [4.69, 9.17) is 4.52 Å². The largest absolute Gasteiger partial charge is 0.358 e. The van der Waals surface area contributed by atoms with Crippen LogP contribution in [0.3, 0.4) is 0 Å². The topological polar surface area (TPSA) is 114 Å². The van der Waals surface area contributed by atoms with Crippen molar-refractivity contribution in [3.63, 3.8) is 0 Å². The fourth-order valence-electron chi connectivity index (χ4n) is 6.05. The zero-order chi connectivity index (χ0) is 29.1. The maximum absolute atomic E-state index is 13.9. The minimum atomic E-state index is -0.533. The molecule has 5 rings (SSSR count). The van der Waals surface area contributed by atoms with Crippen LogP contribution in [-0.2, 0) is 21.4 Å². The van der Waals surface area contributed by atoms with Gasteiger partial charge < -0.3 is 24.4 Å². The van der Waals surface area contributed by atoms with Gasteiger partial charge in [0.25, 0.3) is 0 Å². The summed E-state index contributed by atoms with van der Waals surface area (Å²) in [5.41, 5.74) is 3.07. The molecule has 41 heavy (non-hydrogen) atoms. The van der Waals surface area contributed by atoms with Gasteiger partial charge in [-0.25, -0.2) is 0 Å². The summed E-state index contributed by atoms with van der Waals surface area (Å²) in [6.07, 6.45) is 5.77. The van der Waals surface area contributed by atoms with E-state index < -0.39 is 12.0 Å². The number of nitrogens with one attached hydrogen (secondary N) is 1. The van der Waals surface area contributed by atoms with Crippen LogP contribution in [0.4, 0.5) is 5.82 Å². The van der Waals surface area contributed by atoms with E-state index in [-0.39, 0.29) is 29.7 Å². The molecular formula is C31H40N6O4. The molecule has 2 fully saturated rings. The molecule has 0 aliphatic carbocycles. The van der Waals surface area contributed by atoms with E-state index in [9.17, 15) is 14.4 Å². The second-order valence-electron chi connectivity index (χ2n) is 11.7. The van der Waals surface area contributed by atoms with Gasteiger partial charge in [-0.15, -0.1) is 0 Å². The Hall–Kier alpha value is -3.95. The van der Waals surface area contributed by atoms with Gasteiger partial charge in [-0.05, 0) is 55.7 Å². The zero-order valence-electron chi connectivity index (χ0n) is 24.3. The van der Waals surface area contributed by atoms with E-state index in [0.717, 1.165) is 55.5 Å². The molecule has 0 saturated carbocycles. The van der Waals surface area contributed by atoms with E-state index >= 15 is 0 Å². The molecule has 4 heterocycles. The number of hydrogen-bond donors (Lipinski definition) is 1. The van der Waals surface area contributed by atoms with Crippen molar-refractivity contribution in [3.05, 3.63) is 53.9 Å². The van der Waals surface area contributed by atoms with E-state index in [1.54, 1.807) is 11.1 Å². The molecule has 0 bridgehead atoms. The summed E-state index contributed by atoms with van der Waals surface area (Å²) in [5.74, 6) is 0.493. The lowest BCUT2D eigenvalue weighted by Crippen LogP contribution is -2.48. The van der Waals surface area contributed by atoms with Crippen molar-refractivity contribution in [1.82, 2.24) is 25.2 Å². The SMILES string of the molecule is CC(NC(=O)C1CCCN1C(=O)C(c1cc(N2CCC(C=O)CC2)no1)C(C)C)c1ccc(-c2ccnn2C)cc1. The first-order chi connectivity index (χ1) is 19.8. The maximum atomic E-state index is 13.9. The number of benzene rings is 1. The van der Waals surface area contributed by atoms with Gasteiger partial charge >= 0.3 is 0 Å². The third kappa shape index (κ3) is 6.06. The number of piperidine rings is 1. The Morgan fingerprint density at radius 3 is 2.41 bits per heavy atom. The molecule has 2 amide bonds. The Bertz CT molecular complexity index is 1350. The van der Waals surface area contributed by atoms with Crippen LogP contribution in [0.5, 0.6) is 0 Å². The first-order valence-electron chi connectivity index (χ1n) is 14.6. The highest BCUT2D eigenvalue weighted by atomic mass is 16.5. The van der Waals surface area contributed by atoms with Crippen LogP contribution in [0, 0.1) is 11.8 Å². The molecule has 10 heteroatoms. The summed E-state index contributed by atoms with van der Waals surface area (Å²) in [6, 6.07) is 11.2. The van der Waals surface area contributed by atoms with Crippen molar-refractivity contribution in [2.45, 2.75) is 64.5 Å². The molecule has 2 aliphatic heterocycles. The number of hydrogen-bond acceptors (Lipinski definition) is 7. The van der Waals surface area contributed by atoms with Gasteiger partial charge in [0.05, 0.1) is 11.7 Å². The zero-order valence-corrected chi connectivity index (χ0v) is 24.3. The summed E-state index contributed by atoms with van der Waals surface area (Å²) in [4.78, 5) is 42.3. The Balaban J connectivity index is 1.24. The Labute approximate surface area is 241 Å². The minimum Gasteiger partial charge on any atom is -0.358 e. The molecule has 1 N–H and O–H groups in total. The van der Waals surface area contributed by atoms with Crippen LogP contribution in [0.25, 0.3) is 11.3 Å². The summed E-state index contributed by atoms with van der Waals surface area (Å²) in [5, 5.41) is 11.6. The Morgan fingerprint density at radius 2 is 1.78 bits per heavy atom. The first-order valence-corrected chi connectivity index (χ1v) is 14.6. The molecule has 3 unspecified atom stereocenters. The highest BCUT2D eigenvalue weighted by Crippen LogP contribution is 2.33. The van der Waals surface area contributed by atoms with Gasteiger partial charge in [-0.3, -0.25) is 14.3 Å². The highest BCUT2D eigenvalue weighted by Gasteiger charge is 2.40. The van der Waals surface area contributed by atoms with E-state index in [2.05, 4.69) is 20.5 Å². The van der Waals surface area contributed by atoms with Gasteiger partial charge in [0.2, 0.25) is 11.8 Å². The standard InChI is InChI=1S/C31H40N6O4/c1-20(2)29(27-18-28(34-41-27)36-16-12-22(19-38)13-17-36)31(40)37-15-5-6-26(37)30(39)33-21(3)23-7-9-24(10-8-23)25-11-14-32-35(25)4/h7-11,14,18-22,26,29H,5-6,12-13,15-17H2,1-4H3,(H,33,39). The van der Waals surface area contributed by atoms with Crippen molar-refractivity contribution in [1.29, 1.82) is 0 Å². The number of carbonyl (C=O) groups excluding carboxylic acids is 3. The third-order valence-electron chi connectivity index (χ3n) is 8.54. The molecule has 10 nitrogen and oxygen atoms in total. The van der Waals surface area contributed by atoms with Gasteiger partial charge in [0.1, 0.15) is 18.2 Å². The number of likely N-dealkylation sites (tertiary alicyclic amines) is 1. The van der Waals surface area contributed by atoms with Crippen molar-refractivity contribution >= 4 is 23.9 Å². The highest BCUT2D eigenvalue weighted by molar-refractivity contribution is 5.91. The second kappa shape index (κ2) is 12.3. The number of anilines is 1. The summed E-state index contributed by atoms with van der Waals surface area (Å²) in [7, 11) is 1.91. The van der Waals surface area contributed by atoms with Crippen LogP contribution >= 0.6 is 0 Å². The number of aromatic nitrogens is 3. The molecule has 0 radical (unpaired) electrons. The summed E-state index contributed by atoms with van der Waals surface area (Å²) in [6.45, 7) is 7.94. The van der Waals surface area contributed by atoms with Crippen molar-refractivity contribution in [3.8, 4) is 11.3 Å². The monoisotopic (exact) mass is 560 g/mol. The van der Waals surface area contributed by atoms with Crippen LogP contribution in [0.1, 0.15) is 69.7 Å². The number of nitrogens with zero attached hydrogens (tertiary/aromatic N) is 5. The number of aryl methyl sites for hydroxylation is 1. The number of amides is 2. The molecule has 0 spiro atoms. The molecule has 1 aromatic carbocycles. The van der Waals surface area contributed by atoms with Crippen LogP contribution < -0.4 is 10.2 Å². The average molecular weight is 561 g/mol. The molecule has 3 atom stereocenters. The lowest BCUT2D eigenvalue weighted by atomic mass is 9.91. The van der Waals surface area contributed by atoms with Gasteiger partial charge in [-0.2, -0.15) is 5.10 Å². The van der Waals surface area contributed by atoms with Crippen molar-refractivity contribution < 1.29 is 18.9 Å². The number of carbonyl (C=O) groups is 3. The van der Waals surface area contributed by atoms with E-state index in [1.165, 1.54) is 0 Å². The molecule has 2 saturated heterocycles. The maximum Gasteiger partial charge on any atom is 0.243 e. The van der Waals surface area contributed by atoms with Crippen LogP contribution in [0.15, 0.2) is 47.1 Å². The normalized spacial score (nSPS) is 19.4. The second-order valence-corrected chi connectivity index (χ2v) is 11.7. The summed E-state index contributed by atoms with van der Waals surface area (Å²) >= 11 is 0. The fraction of sp³-hybridized carbons (Fsp3) is 0.516.